The zero-order valence-corrected chi connectivity index (χ0v) is 18.1. The molecular weight excluding hydrogens is 426 g/mol. The van der Waals surface area contributed by atoms with Gasteiger partial charge in [-0.05, 0) is 59.7 Å². The lowest BCUT2D eigenvalue weighted by Crippen LogP contribution is -2.20. The van der Waals surface area contributed by atoms with E-state index in [4.69, 9.17) is 14.9 Å². The Balaban J connectivity index is 1.73. The van der Waals surface area contributed by atoms with Gasteiger partial charge in [-0.3, -0.25) is 5.21 Å². The zero-order valence-electron chi connectivity index (χ0n) is 17.3. The number of aliphatic hydroxyl groups excluding tert-OH is 1. The lowest BCUT2D eigenvalue weighted by Gasteiger charge is -2.22. The minimum absolute atomic E-state index is 0.0998. The van der Waals surface area contributed by atoms with Crippen LogP contribution in [0.4, 0.5) is 11.4 Å². The van der Waals surface area contributed by atoms with Gasteiger partial charge in [-0.1, -0.05) is 30.3 Å². The van der Waals surface area contributed by atoms with Crippen LogP contribution in [0.3, 0.4) is 0 Å². The van der Waals surface area contributed by atoms with Gasteiger partial charge in [0.15, 0.2) is 4.80 Å². The van der Waals surface area contributed by atoms with E-state index in [0.29, 0.717) is 5.56 Å². The summed E-state index contributed by atoms with van der Waals surface area (Å²) in [4.78, 5) is 5.52. The monoisotopic (exact) mass is 448 g/mol. The molecule has 0 bridgehead atoms. The third-order valence-electron chi connectivity index (χ3n) is 5.02. The topological polar surface area (TPSA) is 93.3 Å². The molecule has 1 atom stereocenters. The normalized spacial score (nSPS) is 12.6. The van der Waals surface area contributed by atoms with Gasteiger partial charge in [-0.25, -0.2) is 4.99 Å². The van der Waals surface area contributed by atoms with E-state index in [1.807, 2.05) is 64.5 Å². The second-order valence-electron chi connectivity index (χ2n) is 7.07. The molecule has 1 heterocycles. The first-order valence-electron chi connectivity index (χ1n) is 9.92. The van der Waals surface area contributed by atoms with Crippen molar-refractivity contribution in [3.8, 4) is 17.0 Å². The number of hydrogen-bond donors (Lipinski definition) is 2. The molecule has 0 amide bonds. The van der Waals surface area contributed by atoms with Crippen LogP contribution >= 0.6 is 11.3 Å². The van der Waals surface area contributed by atoms with E-state index in [2.05, 4.69) is 0 Å². The van der Waals surface area contributed by atoms with Gasteiger partial charge in [0.2, 0.25) is 0 Å². The molecule has 7 nitrogen and oxygen atoms in total. The molecule has 0 aliphatic rings. The van der Waals surface area contributed by atoms with Crippen molar-refractivity contribution in [3.63, 3.8) is 0 Å². The lowest BCUT2D eigenvalue weighted by molar-refractivity contribution is 0.156. The zero-order chi connectivity index (χ0) is 22.5. The molecule has 32 heavy (non-hydrogen) atoms. The molecule has 1 unspecified atom stereocenters. The van der Waals surface area contributed by atoms with E-state index in [1.165, 1.54) is 23.5 Å². The van der Waals surface area contributed by atoms with Crippen LogP contribution in [-0.4, -0.2) is 22.0 Å². The molecule has 4 rings (SSSR count). The van der Waals surface area contributed by atoms with Gasteiger partial charge < -0.3 is 24.8 Å². The Kier molecular flexibility index (Phi) is 6.67. The van der Waals surface area contributed by atoms with Crippen LogP contribution in [0.1, 0.15) is 11.7 Å². The van der Waals surface area contributed by atoms with Crippen molar-refractivity contribution in [2.75, 3.05) is 12.3 Å². The summed E-state index contributed by atoms with van der Waals surface area (Å²) < 4.78 is 7.24. The molecule has 1 aromatic heterocycles. The smallest absolute Gasteiger partial charge is 0.190 e. The van der Waals surface area contributed by atoms with Crippen LogP contribution < -0.4 is 14.8 Å². The molecule has 0 aliphatic heterocycles. The van der Waals surface area contributed by atoms with Crippen molar-refractivity contribution in [2.24, 2.45) is 4.99 Å². The standard InChI is InChI=1S/C24H22N3O4S/c1-31-21-13-9-17(10-14-21)22-16-32-24(25-19-5-3-2-4-6-19)26(22)15-23(28)18-7-11-20(12-8-18)27(29)30/h2-14,16,23,28-29H,15H2,1H3/q-1. The number of aliphatic hydroxyl groups is 1. The summed E-state index contributed by atoms with van der Waals surface area (Å²) in [7, 11) is 1.63. The predicted octanol–water partition coefficient (Wildman–Crippen LogP) is 4.88. The maximum absolute atomic E-state index is 11.0. The SMILES string of the molecule is COc1ccc(-c2csc(=Nc3ccccc3)n2CC(O)c2ccc(N([O-])O)cc2)cc1. The van der Waals surface area contributed by atoms with Crippen LogP contribution in [0.15, 0.2) is 89.2 Å². The third kappa shape index (κ3) is 4.90. The molecule has 0 fully saturated rings. The number of rotatable bonds is 7. The van der Waals surface area contributed by atoms with E-state index >= 15 is 0 Å². The molecule has 2 N–H and O–H groups in total. The Labute approximate surface area is 189 Å². The Hall–Kier alpha value is -3.43. The first kappa shape index (κ1) is 21.8. The number of thiazole rings is 1. The van der Waals surface area contributed by atoms with Gasteiger partial charge >= 0.3 is 0 Å². The highest BCUT2D eigenvalue weighted by Crippen LogP contribution is 2.26. The summed E-state index contributed by atoms with van der Waals surface area (Å²) in [6, 6.07) is 23.5. The maximum Gasteiger partial charge on any atom is 0.190 e. The fourth-order valence-corrected chi connectivity index (χ4v) is 4.24. The van der Waals surface area contributed by atoms with Crippen LogP contribution in [0, 0.1) is 5.21 Å². The van der Waals surface area contributed by atoms with Crippen LogP contribution in [-0.2, 0) is 6.54 Å². The number of hydrogen-bond acceptors (Lipinski definition) is 7. The minimum atomic E-state index is -0.843. The van der Waals surface area contributed by atoms with Gasteiger partial charge in [0, 0.05) is 5.38 Å². The van der Waals surface area contributed by atoms with Crippen molar-refractivity contribution in [1.29, 1.82) is 0 Å². The van der Waals surface area contributed by atoms with Crippen molar-refractivity contribution in [1.82, 2.24) is 4.57 Å². The Morgan fingerprint density at radius 3 is 2.34 bits per heavy atom. The molecular formula is C24H22N3O4S-. The highest BCUT2D eigenvalue weighted by molar-refractivity contribution is 7.07. The van der Waals surface area contributed by atoms with E-state index in [1.54, 1.807) is 19.2 Å². The molecule has 164 valence electrons. The van der Waals surface area contributed by atoms with Crippen LogP contribution in [0.5, 0.6) is 5.75 Å². The Bertz CT molecular complexity index is 1220. The molecule has 0 saturated heterocycles. The largest absolute Gasteiger partial charge is 0.733 e. The van der Waals surface area contributed by atoms with Crippen LogP contribution in [0.25, 0.3) is 11.3 Å². The molecule has 3 aromatic carbocycles. The second-order valence-corrected chi connectivity index (χ2v) is 7.91. The number of ether oxygens (including phenoxy) is 1. The molecule has 0 aliphatic carbocycles. The molecule has 0 saturated carbocycles. The minimum Gasteiger partial charge on any atom is -0.733 e. The fraction of sp³-hybridized carbons (Fsp3) is 0.125. The number of para-hydroxylation sites is 1. The first-order valence-corrected chi connectivity index (χ1v) is 10.8. The highest BCUT2D eigenvalue weighted by Gasteiger charge is 2.15. The van der Waals surface area contributed by atoms with Gasteiger partial charge in [-0.2, -0.15) is 0 Å². The van der Waals surface area contributed by atoms with Crippen molar-refractivity contribution in [3.05, 3.63) is 99.8 Å². The van der Waals surface area contributed by atoms with Gasteiger partial charge in [-0.15, -0.1) is 11.3 Å². The van der Waals surface area contributed by atoms with E-state index in [9.17, 15) is 10.3 Å². The maximum atomic E-state index is 11.0. The van der Waals surface area contributed by atoms with Crippen molar-refractivity contribution in [2.45, 2.75) is 12.6 Å². The molecule has 0 spiro atoms. The number of benzene rings is 3. The lowest BCUT2D eigenvalue weighted by atomic mass is 10.1. The summed E-state index contributed by atoms with van der Waals surface area (Å²) in [6.45, 7) is 0.260. The van der Waals surface area contributed by atoms with Gasteiger partial charge in [0.1, 0.15) is 5.75 Å². The number of methoxy groups -OCH3 is 1. The third-order valence-corrected chi connectivity index (χ3v) is 5.88. The number of aromatic nitrogens is 1. The molecule has 8 heteroatoms. The summed E-state index contributed by atoms with van der Waals surface area (Å²) in [5, 5.41) is 32.8. The van der Waals surface area contributed by atoms with Crippen molar-refractivity contribution >= 4 is 22.7 Å². The van der Waals surface area contributed by atoms with Gasteiger partial charge in [0.05, 0.1) is 36.8 Å². The summed E-state index contributed by atoms with van der Waals surface area (Å²) in [6.07, 6.45) is -0.843. The summed E-state index contributed by atoms with van der Waals surface area (Å²) in [5.74, 6) is 0.765. The summed E-state index contributed by atoms with van der Waals surface area (Å²) >= 11 is 1.49. The first-order chi connectivity index (χ1) is 15.5. The van der Waals surface area contributed by atoms with Crippen LogP contribution in [0.2, 0.25) is 0 Å². The molecule has 0 radical (unpaired) electrons. The predicted molar refractivity (Wildman–Crippen MR) is 125 cm³/mol. The number of nitrogens with zero attached hydrogens (tertiary/aromatic N) is 3. The highest BCUT2D eigenvalue weighted by atomic mass is 32.1. The molecule has 4 aromatic rings. The quantitative estimate of drug-likeness (QED) is 0.393. The average Bonchev–Trinajstić information content (AvgIpc) is 3.21. The van der Waals surface area contributed by atoms with E-state index in [-0.39, 0.29) is 17.5 Å². The van der Waals surface area contributed by atoms with Crippen molar-refractivity contribution < 1.29 is 15.1 Å². The average molecular weight is 449 g/mol. The van der Waals surface area contributed by atoms with Gasteiger partial charge in [0.25, 0.3) is 0 Å². The fourth-order valence-electron chi connectivity index (χ4n) is 3.30. The Morgan fingerprint density at radius 1 is 1.03 bits per heavy atom. The second kappa shape index (κ2) is 9.80. The van der Waals surface area contributed by atoms with E-state index < -0.39 is 6.10 Å². The van der Waals surface area contributed by atoms with E-state index in [0.717, 1.165) is 27.5 Å². The summed E-state index contributed by atoms with van der Waals surface area (Å²) in [5.41, 5.74) is 3.44. The Morgan fingerprint density at radius 2 is 1.72 bits per heavy atom. The number of anilines is 1.